The second kappa shape index (κ2) is 3.54. The van der Waals surface area contributed by atoms with Crippen molar-refractivity contribution in [2.75, 3.05) is 5.75 Å². The van der Waals surface area contributed by atoms with Crippen molar-refractivity contribution in [2.24, 2.45) is 5.92 Å². The van der Waals surface area contributed by atoms with E-state index in [1.54, 1.807) is 0 Å². The van der Waals surface area contributed by atoms with E-state index in [4.69, 9.17) is 12.6 Å². The maximum atomic E-state index is 4.73. The van der Waals surface area contributed by atoms with Crippen LogP contribution in [0.5, 0.6) is 0 Å². The Kier molecular flexibility index (Phi) is 3.74. The second-order valence-corrected chi connectivity index (χ2v) is 2.29. The van der Waals surface area contributed by atoms with Crippen LogP contribution < -0.4 is 0 Å². The van der Waals surface area contributed by atoms with Gasteiger partial charge in [-0.3, -0.25) is 0 Å². The van der Waals surface area contributed by atoms with Crippen molar-refractivity contribution in [2.45, 2.75) is 20.3 Å². The van der Waals surface area contributed by atoms with Crippen molar-refractivity contribution in [3.63, 3.8) is 0 Å². The van der Waals surface area contributed by atoms with Gasteiger partial charge in [0.1, 0.15) is 0 Å². The first kappa shape index (κ1) is 6.35. The fourth-order valence-electron chi connectivity index (χ4n) is 0.236. The van der Waals surface area contributed by atoms with Crippen LogP contribution in [0.25, 0.3) is 0 Å². The van der Waals surface area contributed by atoms with Gasteiger partial charge in [-0.25, -0.2) is 0 Å². The molecule has 0 aliphatic heterocycles. The second-order valence-electron chi connectivity index (χ2n) is 1.89. The first-order valence-corrected chi connectivity index (χ1v) is 2.93. The molecule has 0 amide bonds. The van der Waals surface area contributed by atoms with Crippen LogP contribution in [0.2, 0.25) is 0 Å². The summed E-state index contributed by atoms with van der Waals surface area (Å²) >= 11 is 4.73. The topological polar surface area (TPSA) is 0 Å². The molecule has 0 aliphatic rings. The summed E-state index contributed by atoms with van der Waals surface area (Å²) in [6, 6.07) is 0. The Hall–Kier alpha value is 0.350. The normalized spacial score (nSPS) is 10.0. The molecule has 0 N–H and O–H groups in total. The number of rotatable bonds is 2. The molecule has 1 radical (unpaired) electrons. The average molecular weight is 103 g/mol. The van der Waals surface area contributed by atoms with Crippen molar-refractivity contribution in [1.82, 2.24) is 0 Å². The molecule has 0 unspecified atom stereocenters. The molecule has 37 valence electrons. The van der Waals surface area contributed by atoms with Gasteiger partial charge < -0.3 is 0 Å². The van der Waals surface area contributed by atoms with E-state index in [0.717, 1.165) is 11.7 Å². The summed E-state index contributed by atoms with van der Waals surface area (Å²) in [5.74, 6) is 1.71. The van der Waals surface area contributed by atoms with Crippen LogP contribution in [0.1, 0.15) is 20.3 Å². The molecule has 0 saturated heterocycles. The van der Waals surface area contributed by atoms with Gasteiger partial charge in [0.2, 0.25) is 0 Å². The minimum atomic E-state index is 0.794. The summed E-state index contributed by atoms with van der Waals surface area (Å²) in [5.41, 5.74) is 0. The molecular formula is C5H11S. The van der Waals surface area contributed by atoms with E-state index in [2.05, 4.69) is 13.8 Å². The fraction of sp³-hybridized carbons (Fsp3) is 1.00. The van der Waals surface area contributed by atoms with E-state index >= 15 is 0 Å². The van der Waals surface area contributed by atoms with Gasteiger partial charge in [0, 0.05) is 5.75 Å². The van der Waals surface area contributed by atoms with Crippen LogP contribution in [0, 0.1) is 5.92 Å². The monoisotopic (exact) mass is 103 g/mol. The van der Waals surface area contributed by atoms with E-state index in [1.807, 2.05) is 0 Å². The van der Waals surface area contributed by atoms with Crippen LogP contribution in [0.15, 0.2) is 0 Å². The summed E-state index contributed by atoms with van der Waals surface area (Å²) in [6.07, 6.45) is 1.19. The third-order valence-electron chi connectivity index (χ3n) is 0.695. The van der Waals surface area contributed by atoms with Crippen LogP contribution in [0.4, 0.5) is 0 Å². The van der Waals surface area contributed by atoms with Crippen molar-refractivity contribution in [1.29, 1.82) is 0 Å². The predicted molar refractivity (Wildman–Crippen MR) is 31.9 cm³/mol. The Morgan fingerprint density at radius 2 is 2.00 bits per heavy atom. The van der Waals surface area contributed by atoms with E-state index in [1.165, 1.54) is 6.42 Å². The third kappa shape index (κ3) is 4.35. The highest BCUT2D eigenvalue weighted by Crippen LogP contribution is 1.98. The molecule has 1 heteroatoms. The Bertz CT molecular complexity index is 25.1. The summed E-state index contributed by atoms with van der Waals surface area (Å²) < 4.78 is 0. The molecule has 0 aromatic carbocycles. The average Bonchev–Trinajstić information content (AvgIpc) is 1.35. The van der Waals surface area contributed by atoms with E-state index in [-0.39, 0.29) is 0 Å². The Balaban J connectivity index is 2.63. The lowest BCUT2D eigenvalue weighted by Crippen LogP contribution is -1.85. The van der Waals surface area contributed by atoms with E-state index in [9.17, 15) is 0 Å². The number of hydrogen-bond acceptors (Lipinski definition) is 0. The summed E-state index contributed by atoms with van der Waals surface area (Å²) in [4.78, 5) is 0. The molecule has 0 fully saturated rings. The third-order valence-corrected chi connectivity index (χ3v) is 0.931. The van der Waals surface area contributed by atoms with Crippen LogP contribution >= 0.6 is 12.6 Å². The standard InChI is InChI=1S/C5H11S/c1-5(2)3-4-6/h5H,3-4H2,1-2H3. The van der Waals surface area contributed by atoms with Gasteiger partial charge in [-0.2, -0.15) is 0 Å². The lowest BCUT2D eigenvalue weighted by Gasteiger charge is -1.94. The first-order chi connectivity index (χ1) is 2.77. The van der Waals surface area contributed by atoms with Gasteiger partial charge in [0.15, 0.2) is 0 Å². The van der Waals surface area contributed by atoms with Gasteiger partial charge in [-0.15, -0.1) is 0 Å². The fourth-order valence-corrected chi connectivity index (χ4v) is 0.707. The molecule has 0 aliphatic carbocycles. The van der Waals surface area contributed by atoms with Crippen molar-refractivity contribution in [3.8, 4) is 0 Å². The molecule has 0 aromatic heterocycles. The number of hydrogen-bond donors (Lipinski definition) is 0. The quantitative estimate of drug-likeness (QED) is 0.502. The van der Waals surface area contributed by atoms with Crippen molar-refractivity contribution >= 4 is 12.6 Å². The maximum absolute atomic E-state index is 4.73. The molecular weight excluding hydrogens is 92.1 g/mol. The Labute approximate surface area is 45.4 Å². The summed E-state index contributed by atoms with van der Waals surface area (Å²) in [7, 11) is 0. The van der Waals surface area contributed by atoms with Crippen LogP contribution in [0.3, 0.4) is 0 Å². The lowest BCUT2D eigenvalue weighted by molar-refractivity contribution is 0.633. The molecule has 0 atom stereocenters. The molecule has 0 bridgehead atoms. The van der Waals surface area contributed by atoms with E-state index < -0.39 is 0 Å². The smallest absolute Gasteiger partial charge is 0.00393 e. The highest BCUT2D eigenvalue weighted by Gasteiger charge is 1.86. The molecule has 0 nitrogen and oxygen atoms in total. The lowest BCUT2D eigenvalue weighted by atomic mass is 10.2. The largest absolute Gasteiger partial charge is 0.0941 e. The van der Waals surface area contributed by atoms with Gasteiger partial charge in [0.25, 0.3) is 0 Å². The summed E-state index contributed by atoms with van der Waals surface area (Å²) in [5, 5.41) is 0. The van der Waals surface area contributed by atoms with Crippen LogP contribution in [-0.2, 0) is 0 Å². The molecule has 0 aromatic rings. The zero-order valence-corrected chi connectivity index (χ0v) is 5.22. The molecule has 0 heterocycles. The minimum absolute atomic E-state index is 0.794. The van der Waals surface area contributed by atoms with Crippen molar-refractivity contribution in [3.05, 3.63) is 0 Å². The molecule has 0 saturated carbocycles. The zero-order chi connectivity index (χ0) is 4.99. The molecule has 6 heavy (non-hydrogen) atoms. The van der Waals surface area contributed by atoms with Gasteiger partial charge >= 0.3 is 0 Å². The van der Waals surface area contributed by atoms with Gasteiger partial charge in [0.05, 0.1) is 0 Å². The zero-order valence-electron chi connectivity index (χ0n) is 4.40. The maximum Gasteiger partial charge on any atom is 0.00393 e. The highest BCUT2D eigenvalue weighted by molar-refractivity contribution is 7.80. The molecule has 0 rings (SSSR count). The van der Waals surface area contributed by atoms with Gasteiger partial charge in [-0.05, 0) is 12.3 Å². The SMILES string of the molecule is CC(C)CC[S]. The van der Waals surface area contributed by atoms with Crippen molar-refractivity contribution < 1.29 is 0 Å². The van der Waals surface area contributed by atoms with Crippen LogP contribution in [-0.4, -0.2) is 5.75 Å². The highest BCUT2D eigenvalue weighted by atomic mass is 32.1. The molecule has 0 spiro atoms. The Morgan fingerprint density at radius 1 is 1.50 bits per heavy atom. The Morgan fingerprint density at radius 3 is 2.00 bits per heavy atom. The van der Waals surface area contributed by atoms with Gasteiger partial charge in [-0.1, -0.05) is 26.5 Å². The predicted octanol–water partition coefficient (Wildman–Crippen LogP) is 2.23. The van der Waals surface area contributed by atoms with E-state index in [0.29, 0.717) is 0 Å². The summed E-state index contributed by atoms with van der Waals surface area (Å²) in [6.45, 7) is 4.37. The minimum Gasteiger partial charge on any atom is -0.0941 e. The first-order valence-electron chi connectivity index (χ1n) is 2.35.